The van der Waals surface area contributed by atoms with E-state index in [9.17, 15) is 4.79 Å². The number of aromatic amines is 1. The molecule has 1 aromatic heterocycles. The molecule has 0 fully saturated rings. The molecule has 18 heavy (non-hydrogen) atoms. The second kappa shape index (κ2) is 4.82. The number of rotatable bonds is 4. The minimum Gasteiger partial charge on any atom is -0.480 e. The van der Waals surface area contributed by atoms with Crippen LogP contribution in [0.25, 0.3) is 10.9 Å². The van der Waals surface area contributed by atoms with Crippen molar-refractivity contribution in [2.45, 2.75) is 32.2 Å². The lowest BCUT2D eigenvalue weighted by Gasteiger charge is -2.08. The molecule has 0 bridgehead atoms. The normalized spacial score (nSPS) is 13.1. The first-order chi connectivity index (χ1) is 8.50. The zero-order valence-corrected chi connectivity index (χ0v) is 10.6. The number of hydrogen-bond donors (Lipinski definition) is 3. The highest BCUT2D eigenvalue weighted by Crippen LogP contribution is 2.27. The summed E-state index contributed by atoms with van der Waals surface area (Å²) < 4.78 is 0. The lowest BCUT2D eigenvalue weighted by atomic mass is 9.98. The van der Waals surface area contributed by atoms with Crippen molar-refractivity contribution >= 4 is 16.9 Å². The van der Waals surface area contributed by atoms with E-state index in [1.165, 1.54) is 5.56 Å². The van der Waals surface area contributed by atoms with Crippen LogP contribution in [0, 0.1) is 0 Å². The van der Waals surface area contributed by atoms with Crippen LogP contribution in [0.2, 0.25) is 0 Å². The van der Waals surface area contributed by atoms with Gasteiger partial charge in [0, 0.05) is 23.5 Å². The molecule has 0 unspecified atom stereocenters. The molecular formula is C14H18N2O2. The molecule has 2 aromatic rings. The van der Waals surface area contributed by atoms with Crippen LogP contribution >= 0.6 is 0 Å². The maximum Gasteiger partial charge on any atom is 0.320 e. The van der Waals surface area contributed by atoms with Gasteiger partial charge in [0.2, 0.25) is 0 Å². The molecule has 0 aliphatic rings. The third-order valence-corrected chi connectivity index (χ3v) is 3.21. The predicted octanol–water partition coefficient (Wildman–Crippen LogP) is 2.25. The number of fused-ring (bicyclic) bond motifs is 1. The molecule has 0 saturated carbocycles. The second-order valence-corrected chi connectivity index (χ2v) is 4.89. The molecule has 1 aromatic carbocycles. The van der Waals surface area contributed by atoms with E-state index in [4.69, 9.17) is 10.8 Å². The van der Waals surface area contributed by atoms with Gasteiger partial charge in [0.25, 0.3) is 0 Å². The van der Waals surface area contributed by atoms with Gasteiger partial charge in [0.05, 0.1) is 0 Å². The number of aromatic nitrogens is 1. The molecule has 0 aliphatic heterocycles. The third kappa shape index (κ3) is 2.24. The summed E-state index contributed by atoms with van der Waals surface area (Å²) in [6.45, 7) is 4.27. The average Bonchev–Trinajstić information content (AvgIpc) is 2.72. The first-order valence-corrected chi connectivity index (χ1v) is 6.08. The number of carbonyl (C=O) groups is 1. The smallest absolute Gasteiger partial charge is 0.320 e. The molecule has 1 heterocycles. The maximum atomic E-state index is 10.8. The zero-order chi connectivity index (χ0) is 13.3. The van der Waals surface area contributed by atoms with Gasteiger partial charge in [-0.25, -0.2) is 0 Å². The van der Waals surface area contributed by atoms with Crippen molar-refractivity contribution in [2.75, 3.05) is 0 Å². The van der Waals surface area contributed by atoms with E-state index in [2.05, 4.69) is 24.9 Å². The summed E-state index contributed by atoms with van der Waals surface area (Å²) in [6, 6.07) is 5.24. The van der Waals surface area contributed by atoms with Crippen molar-refractivity contribution in [1.82, 2.24) is 4.98 Å². The molecule has 0 saturated heterocycles. The molecular weight excluding hydrogens is 228 g/mol. The Morgan fingerprint density at radius 1 is 1.44 bits per heavy atom. The molecule has 0 amide bonds. The number of carboxylic acid groups (broad SMARTS) is 1. The van der Waals surface area contributed by atoms with E-state index in [1.807, 2.05) is 18.3 Å². The number of H-pyrrole nitrogens is 1. The molecule has 2 rings (SSSR count). The van der Waals surface area contributed by atoms with Crippen LogP contribution < -0.4 is 5.73 Å². The van der Waals surface area contributed by atoms with Gasteiger partial charge in [-0.1, -0.05) is 32.0 Å². The van der Waals surface area contributed by atoms with Gasteiger partial charge in [-0.05, 0) is 17.0 Å². The molecule has 0 radical (unpaired) electrons. The fraction of sp³-hybridized carbons (Fsp3) is 0.357. The van der Waals surface area contributed by atoms with Crippen molar-refractivity contribution in [3.8, 4) is 0 Å². The van der Waals surface area contributed by atoms with E-state index < -0.39 is 12.0 Å². The summed E-state index contributed by atoms with van der Waals surface area (Å²) in [5.74, 6) is -0.544. The van der Waals surface area contributed by atoms with Crippen molar-refractivity contribution in [2.24, 2.45) is 5.73 Å². The Morgan fingerprint density at radius 3 is 2.78 bits per heavy atom. The SMILES string of the molecule is CC(C)c1cccc2c(C[C@H](N)C(=O)O)c[nH]c12. The van der Waals surface area contributed by atoms with Crippen LogP contribution in [0.1, 0.15) is 30.9 Å². The number of para-hydroxylation sites is 1. The fourth-order valence-electron chi connectivity index (χ4n) is 2.21. The predicted molar refractivity (Wildman–Crippen MR) is 71.7 cm³/mol. The number of benzene rings is 1. The van der Waals surface area contributed by atoms with Gasteiger partial charge in [-0.3, -0.25) is 4.79 Å². The first kappa shape index (κ1) is 12.6. The van der Waals surface area contributed by atoms with Crippen molar-refractivity contribution in [3.05, 3.63) is 35.5 Å². The number of hydrogen-bond acceptors (Lipinski definition) is 2. The van der Waals surface area contributed by atoms with Crippen LogP contribution in [-0.4, -0.2) is 22.1 Å². The monoisotopic (exact) mass is 246 g/mol. The highest BCUT2D eigenvalue weighted by molar-refractivity contribution is 5.87. The standard InChI is InChI=1S/C14H18N2O2/c1-8(2)10-4-3-5-11-9(7-16-13(10)11)6-12(15)14(17)18/h3-5,7-8,12,16H,6,15H2,1-2H3,(H,17,18)/t12-/m0/s1. The molecule has 0 spiro atoms. The number of nitrogens with two attached hydrogens (primary N) is 1. The Hall–Kier alpha value is -1.81. The van der Waals surface area contributed by atoms with Crippen LogP contribution in [-0.2, 0) is 11.2 Å². The molecule has 4 N–H and O–H groups in total. The van der Waals surface area contributed by atoms with E-state index >= 15 is 0 Å². The summed E-state index contributed by atoms with van der Waals surface area (Å²) >= 11 is 0. The second-order valence-electron chi connectivity index (χ2n) is 4.89. The topological polar surface area (TPSA) is 79.1 Å². The van der Waals surface area contributed by atoms with Gasteiger partial charge < -0.3 is 15.8 Å². The number of nitrogens with one attached hydrogen (secondary N) is 1. The highest BCUT2D eigenvalue weighted by Gasteiger charge is 2.16. The highest BCUT2D eigenvalue weighted by atomic mass is 16.4. The van der Waals surface area contributed by atoms with Gasteiger partial charge in [0.15, 0.2) is 0 Å². The Morgan fingerprint density at radius 2 is 2.17 bits per heavy atom. The molecule has 4 heteroatoms. The van der Waals surface area contributed by atoms with Crippen LogP contribution in [0.4, 0.5) is 0 Å². The van der Waals surface area contributed by atoms with Gasteiger partial charge in [-0.2, -0.15) is 0 Å². The van der Waals surface area contributed by atoms with Crippen LogP contribution in [0.3, 0.4) is 0 Å². The Labute approximate surface area is 106 Å². The third-order valence-electron chi connectivity index (χ3n) is 3.21. The summed E-state index contributed by atoms with van der Waals surface area (Å²) in [4.78, 5) is 14.0. The number of aliphatic carboxylic acids is 1. The van der Waals surface area contributed by atoms with Crippen molar-refractivity contribution < 1.29 is 9.90 Å². The molecule has 96 valence electrons. The lowest BCUT2D eigenvalue weighted by Crippen LogP contribution is -2.32. The minimum atomic E-state index is -0.968. The Kier molecular flexibility index (Phi) is 3.39. The summed E-state index contributed by atoms with van der Waals surface area (Å²) in [7, 11) is 0. The van der Waals surface area contributed by atoms with Crippen molar-refractivity contribution in [3.63, 3.8) is 0 Å². The van der Waals surface area contributed by atoms with E-state index in [0.717, 1.165) is 16.5 Å². The minimum absolute atomic E-state index is 0.344. The van der Waals surface area contributed by atoms with Gasteiger partial charge >= 0.3 is 5.97 Å². The summed E-state index contributed by atoms with van der Waals surface area (Å²) in [5.41, 5.74) is 8.87. The first-order valence-electron chi connectivity index (χ1n) is 6.08. The van der Waals surface area contributed by atoms with Crippen LogP contribution in [0.15, 0.2) is 24.4 Å². The fourth-order valence-corrected chi connectivity index (χ4v) is 2.21. The summed E-state index contributed by atoms with van der Waals surface area (Å²) in [6.07, 6.45) is 2.20. The van der Waals surface area contributed by atoms with Gasteiger partial charge in [0.1, 0.15) is 6.04 Å². The van der Waals surface area contributed by atoms with Crippen LogP contribution in [0.5, 0.6) is 0 Å². The number of carboxylic acids is 1. The Balaban J connectivity index is 2.43. The van der Waals surface area contributed by atoms with Gasteiger partial charge in [-0.15, -0.1) is 0 Å². The average molecular weight is 246 g/mol. The lowest BCUT2D eigenvalue weighted by molar-refractivity contribution is -0.138. The zero-order valence-electron chi connectivity index (χ0n) is 10.6. The van der Waals surface area contributed by atoms with E-state index in [1.54, 1.807) is 0 Å². The Bertz CT molecular complexity index is 572. The largest absolute Gasteiger partial charge is 0.480 e. The van der Waals surface area contributed by atoms with Crippen molar-refractivity contribution in [1.29, 1.82) is 0 Å². The molecule has 4 nitrogen and oxygen atoms in total. The quantitative estimate of drug-likeness (QED) is 0.774. The maximum absolute atomic E-state index is 10.8. The molecule has 1 atom stereocenters. The summed E-state index contributed by atoms with van der Waals surface area (Å²) in [5, 5.41) is 9.93. The van der Waals surface area contributed by atoms with E-state index in [0.29, 0.717) is 12.3 Å². The van der Waals surface area contributed by atoms with E-state index in [-0.39, 0.29) is 0 Å². The molecule has 0 aliphatic carbocycles.